The molecule has 1 aliphatic heterocycles. The van der Waals surface area contributed by atoms with Gasteiger partial charge < -0.3 is 4.74 Å². The third kappa shape index (κ3) is 5.29. The van der Waals surface area contributed by atoms with E-state index in [2.05, 4.69) is 98.9 Å². The summed E-state index contributed by atoms with van der Waals surface area (Å²) >= 11 is 0. The summed E-state index contributed by atoms with van der Waals surface area (Å²) in [5.41, 5.74) is 10.8. The fourth-order valence-corrected chi connectivity index (χ4v) is 10.6. The van der Waals surface area contributed by atoms with Gasteiger partial charge in [-0.25, -0.2) is 0 Å². The molecule has 0 radical (unpaired) electrons. The number of hydrogen-bond acceptors (Lipinski definition) is 2. The maximum Gasteiger partial charge on any atom is 0.150 e. The first-order valence-corrected chi connectivity index (χ1v) is 19.4. The molecule has 1 spiro atoms. The maximum atomic E-state index is 12.3. The molecule has 0 N–H and O–H groups in total. The first-order chi connectivity index (χ1) is 23.6. The molecule has 5 unspecified atom stereocenters. The van der Waals surface area contributed by atoms with Crippen LogP contribution in [-0.4, -0.2) is 11.9 Å². The number of fused-ring (bicyclic) bond motifs is 8. The zero-order valence-electron chi connectivity index (χ0n) is 29.3. The van der Waals surface area contributed by atoms with E-state index in [-0.39, 0.29) is 29.3 Å². The normalized spacial score (nSPS) is 32.5. The molecule has 2 nitrogen and oxygen atoms in total. The van der Waals surface area contributed by atoms with Crippen LogP contribution in [0.5, 0.6) is 0 Å². The van der Waals surface area contributed by atoms with Crippen LogP contribution >= 0.6 is 0 Å². The van der Waals surface area contributed by atoms with Gasteiger partial charge in [0.1, 0.15) is 11.9 Å². The molecule has 0 aromatic heterocycles. The van der Waals surface area contributed by atoms with Gasteiger partial charge in [-0.2, -0.15) is 0 Å². The number of rotatable bonds is 6. The second kappa shape index (κ2) is 13.2. The molecule has 1 fully saturated rings. The summed E-state index contributed by atoms with van der Waals surface area (Å²) in [4.78, 5) is 12.3. The Bertz CT molecular complexity index is 1680. The predicted octanol–water partition coefficient (Wildman–Crippen LogP) is 12.1. The van der Waals surface area contributed by atoms with Crippen molar-refractivity contribution in [1.82, 2.24) is 0 Å². The third-order valence-electron chi connectivity index (χ3n) is 13.2. The Morgan fingerprint density at radius 1 is 0.938 bits per heavy atom. The Morgan fingerprint density at radius 3 is 2.48 bits per heavy atom. The molecule has 6 aliphatic carbocycles. The number of benzene rings is 1. The molecule has 0 bridgehead atoms. The lowest BCUT2D eigenvalue weighted by Gasteiger charge is -2.52. The van der Waals surface area contributed by atoms with Gasteiger partial charge in [-0.3, -0.25) is 4.79 Å². The van der Waals surface area contributed by atoms with Crippen LogP contribution < -0.4 is 0 Å². The van der Waals surface area contributed by atoms with E-state index in [1.165, 1.54) is 80.1 Å². The van der Waals surface area contributed by atoms with Gasteiger partial charge in [-0.15, -0.1) is 0 Å². The molecule has 1 saturated carbocycles. The van der Waals surface area contributed by atoms with E-state index in [9.17, 15) is 4.79 Å². The fraction of sp³-hybridized carbons (Fsp3) is 0.500. The zero-order chi connectivity index (χ0) is 32.7. The van der Waals surface area contributed by atoms with Gasteiger partial charge in [0, 0.05) is 28.7 Å². The van der Waals surface area contributed by atoms with Gasteiger partial charge in [-0.1, -0.05) is 143 Å². The van der Waals surface area contributed by atoms with Crippen LogP contribution in [0.4, 0.5) is 0 Å². The van der Waals surface area contributed by atoms with Gasteiger partial charge in [0.05, 0.1) is 6.10 Å². The highest BCUT2D eigenvalue weighted by molar-refractivity contribution is 5.93. The van der Waals surface area contributed by atoms with Crippen LogP contribution in [-0.2, 0) is 4.74 Å². The van der Waals surface area contributed by atoms with E-state index in [0.29, 0.717) is 5.92 Å². The molecule has 8 rings (SSSR count). The Balaban J connectivity index is 1.28. The van der Waals surface area contributed by atoms with E-state index >= 15 is 0 Å². The number of allylic oxidation sites excluding steroid dienone is 11. The minimum absolute atomic E-state index is 0.0788. The SMILES string of the molecule is CCC(C)CC1=CCC(C2(C3C=CC=CC3)C=CC3C4=C(C5=C(C=CCC5)C45CCCCCCCC5)c4ccc(C=O)cc4[C@@H]3O2)C=C1. The highest BCUT2D eigenvalue weighted by Crippen LogP contribution is 2.66. The van der Waals surface area contributed by atoms with E-state index in [4.69, 9.17) is 4.74 Å². The summed E-state index contributed by atoms with van der Waals surface area (Å²) in [6, 6.07) is 6.51. The van der Waals surface area contributed by atoms with Gasteiger partial charge in [0.2, 0.25) is 0 Å². The Kier molecular flexibility index (Phi) is 8.83. The van der Waals surface area contributed by atoms with Crippen molar-refractivity contribution in [1.29, 1.82) is 0 Å². The van der Waals surface area contributed by atoms with Crippen LogP contribution in [0.1, 0.15) is 131 Å². The van der Waals surface area contributed by atoms with Crippen LogP contribution in [0, 0.1) is 29.1 Å². The Hall–Kier alpha value is -3.23. The summed E-state index contributed by atoms with van der Waals surface area (Å²) in [5, 5.41) is 0. The lowest BCUT2D eigenvalue weighted by molar-refractivity contribution is -0.133. The van der Waals surface area contributed by atoms with Crippen LogP contribution in [0.25, 0.3) is 5.57 Å². The van der Waals surface area contributed by atoms with Crippen molar-refractivity contribution in [3.05, 3.63) is 124 Å². The Labute approximate surface area is 289 Å². The molecule has 0 saturated heterocycles. The zero-order valence-corrected chi connectivity index (χ0v) is 29.3. The monoisotopic (exact) mass is 638 g/mol. The van der Waals surface area contributed by atoms with Crippen molar-refractivity contribution in [3.8, 4) is 0 Å². The summed E-state index contributed by atoms with van der Waals surface area (Å²) in [7, 11) is 0. The van der Waals surface area contributed by atoms with Crippen molar-refractivity contribution in [2.45, 2.75) is 115 Å². The number of aldehydes is 1. The number of carbonyl (C=O) groups excluding carboxylic acids is 1. The number of hydrogen-bond donors (Lipinski definition) is 0. The highest BCUT2D eigenvalue weighted by Gasteiger charge is 2.56. The van der Waals surface area contributed by atoms with Crippen molar-refractivity contribution >= 4 is 11.9 Å². The molecule has 0 amide bonds. The van der Waals surface area contributed by atoms with Crippen molar-refractivity contribution in [2.75, 3.05) is 0 Å². The second-order valence-electron chi connectivity index (χ2n) is 15.9. The average Bonchev–Trinajstić information content (AvgIpc) is 3.49. The molecule has 250 valence electrons. The highest BCUT2D eigenvalue weighted by atomic mass is 16.5. The summed E-state index contributed by atoms with van der Waals surface area (Å²) in [5.74, 6) is 1.38. The summed E-state index contributed by atoms with van der Waals surface area (Å²) in [6.45, 7) is 4.66. The molecular formula is C46H54O2. The average molecular weight is 639 g/mol. The first kappa shape index (κ1) is 32.0. The summed E-state index contributed by atoms with van der Waals surface area (Å²) < 4.78 is 7.86. The van der Waals surface area contributed by atoms with E-state index in [1.807, 2.05) is 0 Å². The number of ether oxygens (including phenoxy) is 1. The standard InChI is InChI=1S/C46H54O2/c1-3-32(2)29-33-19-22-36(23-20-33)46(35-15-9-8-10-16-35)28-25-39-43-42(37-24-21-34(31-47)30-40(37)44(39)48-46)38-17-11-12-18-41(38)45(43)26-13-6-4-5-7-14-27-45/h8-10,12,15,18-22,24-25,28,30-32,35-36,39,44H,3-7,11,13-14,16-17,23,26-27,29H2,1-2H3/t32?,35?,36?,39?,44-,46?/m1/s1. The molecule has 1 heterocycles. The molecule has 1 aromatic carbocycles. The van der Waals surface area contributed by atoms with Crippen LogP contribution in [0.15, 0.2) is 107 Å². The van der Waals surface area contributed by atoms with Gasteiger partial charge in [-0.05, 0) is 90.3 Å². The van der Waals surface area contributed by atoms with Gasteiger partial charge in [0.15, 0.2) is 0 Å². The van der Waals surface area contributed by atoms with Crippen LogP contribution in [0.3, 0.4) is 0 Å². The molecule has 2 heteroatoms. The van der Waals surface area contributed by atoms with Crippen molar-refractivity contribution < 1.29 is 9.53 Å². The predicted molar refractivity (Wildman–Crippen MR) is 198 cm³/mol. The topological polar surface area (TPSA) is 26.3 Å². The van der Waals surface area contributed by atoms with E-state index in [1.54, 1.807) is 16.7 Å². The second-order valence-corrected chi connectivity index (χ2v) is 15.9. The van der Waals surface area contributed by atoms with Crippen molar-refractivity contribution in [3.63, 3.8) is 0 Å². The van der Waals surface area contributed by atoms with Gasteiger partial charge >= 0.3 is 0 Å². The molecular weight excluding hydrogens is 585 g/mol. The van der Waals surface area contributed by atoms with E-state index in [0.717, 1.165) is 44.0 Å². The molecule has 7 aliphatic rings. The lowest BCUT2D eigenvalue weighted by Crippen LogP contribution is -2.50. The smallest absolute Gasteiger partial charge is 0.150 e. The molecule has 1 aromatic rings. The molecule has 6 atom stereocenters. The first-order valence-electron chi connectivity index (χ1n) is 19.4. The van der Waals surface area contributed by atoms with Crippen molar-refractivity contribution in [2.24, 2.45) is 29.1 Å². The minimum Gasteiger partial charge on any atom is -0.361 e. The van der Waals surface area contributed by atoms with Gasteiger partial charge in [0.25, 0.3) is 0 Å². The lowest BCUT2D eigenvalue weighted by atomic mass is 9.60. The largest absolute Gasteiger partial charge is 0.361 e. The van der Waals surface area contributed by atoms with Crippen LogP contribution in [0.2, 0.25) is 0 Å². The third-order valence-corrected chi connectivity index (χ3v) is 13.2. The summed E-state index contributed by atoms with van der Waals surface area (Å²) in [6.07, 6.45) is 44.5. The minimum atomic E-state index is -0.457. The Morgan fingerprint density at radius 2 is 1.75 bits per heavy atom. The quantitative estimate of drug-likeness (QED) is 0.229. The molecule has 48 heavy (non-hydrogen) atoms. The number of carbonyl (C=O) groups is 1. The van der Waals surface area contributed by atoms with E-state index < -0.39 is 5.60 Å². The maximum absolute atomic E-state index is 12.3. The fourth-order valence-electron chi connectivity index (χ4n) is 10.6.